The van der Waals surface area contributed by atoms with Gasteiger partial charge in [-0.15, -0.1) is 0 Å². The van der Waals surface area contributed by atoms with Gasteiger partial charge in [0.25, 0.3) is 0 Å². The molecule has 26 heavy (non-hydrogen) atoms. The average molecular weight is 364 g/mol. The van der Waals surface area contributed by atoms with Crippen molar-refractivity contribution < 1.29 is 30.6 Å². The fourth-order valence-electron chi connectivity index (χ4n) is 2.39. The maximum absolute atomic E-state index is 12.7. The molecule has 0 heterocycles. The van der Waals surface area contributed by atoms with Gasteiger partial charge in [0.1, 0.15) is 6.61 Å². The highest BCUT2D eigenvalue weighted by atomic mass is 16.5. The second-order valence-corrected chi connectivity index (χ2v) is 5.45. The van der Waals surface area contributed by atoms with E-state index in [4.69, 9.17) is 31.5 Å². The summed E-state index contributed by atoms with van der Waals surface area (Å²) in [5.74, 6) is -0.161. The molecule has 0 aromatic heterocycles. The van der Waals surface area contributed by atoms with Gasteiger partial charge in [-0.1, -0.05) is 37.2 Å². The summed E-state index contributed by atoms with van der Waals surface area (Å²) in [4.78, 5) is 12.7. The molecule has 0 radical (unpaired) electrons. The van der Waals surface area contributed by atoms with Crippen LogP contribution in [0.15, 0.2) is 42.5 Å². The third kappa shape index (κ3) is 4.08. The van der Waals surface area contributed by atoms with E-state index in [1.54, 1.807) is 18.2 Å². The molecule has 140 valence electrons. The average Bonchev–Trinajstić information content (AvgIpc) is 2.75. The minimum atomic E-state index is -3.07. The van der Waals surface area contributed by atoms with E-state index in [1.165, 1.54) is 45.6 Å². The molecule has 0 fully saturated rings. The number of ether oxygens (including phenoxy) is 4. The fourth-order valence-corrected chi connectivity index (χ4v) is 2.39. The number of hydrogen-bond acceptors (Lipinski definition) is 6. The molecule has 0 spiro atoms. The summed E-state index contributed by atoms with van der Waals surface area (Å²) in [6, 6.07) is 10.6. The normalized spacial score (nSPS) is 16.7. The van der Waals surface area contributed by atoms with E-state index in [2.05, 4.69) is 0 Å². The Morgan fingerprint density at radius 2 is 1.73 bits per heavy atom. The predicted octanol–water partition coefficient (Wildman–Crippen LogP) is 3.13. The number of carbonyl (C=O) groups is 1. The lowest BCUT2D eigenvalue weighted by Crippen LogP contribution is -2.41. The first kappa shape index (κ1) is 13.5. The zero-order valence-electron chi connectivity index (χ0n) is 19.9. The van der Waals surface area contributed by atoms with E-state index < -0.39 is 31.3 Å². The Balaban J connectivity index is 2.42. The third-order valence-electron chi connectivity index (χ3n) is 3.84. The topological polar surface area (TPSA) is 80.0 Å². The van der Waals surface area contributed by atoms with Crippen molar-refractivity contribution in [1.82, 2.24) is 0 Å². The van der Waals surface area contributed by atoms with Crippen LogP contribution in [0.3, 0.4) is 0 Å². The van der Waals surface area contributed by atoms with Crippen LogP contribution in [0.25, 0.3) is 0 Å². The van der Waals surface area contributed by atoms with E-state index in [0.29, 0.717) is 0 Å². The van der Waals surface area contributed by atoms with Crippen LogP contribution in [-0.2, 0) is 10.3 Å². The third-order valence-corrected chi connectivity index (χ3v) is 3.84. The molecule has 0 saturated carbocycles. The van der Waals surface area contributed by atoms with E-state index in [9.17, 15) is 4.79 Å². The van der Waals surface area contributed by atoms with Gasteiger partial charge in [0, 0.05) is 6.85 Å². The van der Waals surface area contributed by atoms with Crippen molar-refractivity contribution in [2.45, 2.75) is 18.8 Å². The molecular formula is C20H25NO5. The van der Waals surface area contributed by atoms with Crippen LogP contribution in [0.2, 0.25) is 0 Å². The summed E-state index contributed by atoms with van der Waals surface area (Å²) in [6.07, 6.45) is -2.91. The Labute approximate surface area is 160 Å². The van der Waals surface area contributed by atoms with Gasteiger partial charge in [0.2, 0.25) is 5.75 Å². The first-order chi connectivity index (χ1) is 14.4. The van der Waals surface area contributed by atoms with Crippen molar-refractivity contribution in [3.05, 3.63) is 53.6 Å². The van der Waals surface area contributed by atoms with E-state index in [-0.39, 0.29) is 28.4 Å². The highest BCUT2D eigenvalue weighted by Gasteiger charge is 2.28. The second kappa shape index (κ2) is 8.58. The van der Waals surface area contributed by atoms with Crippen LogP contribution in [0.1, 0.15) is 36.0 Å². The van der Waals surface area contributed by atoms with Gasteiger partial charge in [-0.3, -0.25) is 0 Å². The summed E-state index contributed by atoms with van der Waals surface area (Å²) in [6.45, 7) is -3.80. The highest BCUT2D eigenvalue weighted by molar-refractivity contribution is 5.91. The molecule has 2 aromatic carbocycles. The Bertz CT molecular complexity index is 895. The molecule has 6 heteroatoms. The number of esters is 1. The number of methoxy groups -OCH3 is 3. The first-order valence-corrected chi connectivity index (χ1v) is 7.74. The molecule has 6 nitrogen and oxygen atoms in total. The molecular weight excluding hydrogens is 334 g/mol. The minimum absolute atomic E-state index is 0.0272. The standard InChI is InChI=1S/C20H25NO5/c1-5-20(21,15-9-7-6-8-10-15)13-26-19(22)14-11-16(23-2)18(25-4)17(12-14)24-3/h6-12H,5,13,21H2,1-4H3/i1D3,5D2. The van der Waals surface area contributed by atoms with Gasteiger partial charge in [-0.25, -0.2) is 4.79 Å². The SMILES string of the molecule is [2H]C([2H])([2H])C([2H])([2H])C(N)(COC(=O)c1cc(OC)c(OC)c(OC)c1)c1ccccc1. The van der Waals surface area contributed by atoms with Crippen molar-refractivity contribution in [3.63, 3.8) is 0 Å². The largest absolute Gasteiger partial charge is 0.493 e. The number of carbonyl (C=O) groups excluding carboxylic acids is 1. The maximum atomic E-state index is 12.7. The highest BCUT2D eigenvalue weighted by Crippen LogP contribution is 2.38. The predicted molar refractivity (Wildman–Crippen MR) is 99.0 cm³/mol. The van der Waals surface area contributed by atoms with Crippen molar-refractivity contribution in [2.75, 3.05) is 27.9 Å². The molecule has 2 N–H and O–H groups in total. The van der Waals surface area contributed by atoms with Crippen molar-refractivity contribution in [2.24, 2.45) is 5.73 Å². The zero-order chi connectivity index (χ0) is 23.4. The van der Waals surface area contributed by atoms with Gasteiger partial charge < -0.3 is 24.7 Å². The molecule has 0 aliphatic carbocycles. The summed E-state index contributed by atoms with van der Waals surface area (Å²) in [7, 11) is 4.19. The molecule has 0 bridgehead atoms. The number of nitrogens with two attached hydrogens (primary N) is 1. The quantitative estimate of drug-likeness (QED) is 0.725. The van der Waals surface area contributed by atoms with Crippen LogP contribution < -0.4 is 19.9 Å². The monoisotopic (exact) mass is 364 g/mol. The smallest absolute Gasteiger partial charge is 0.338 e. The summed E-state index contributed by atoms with van der Waals surface area (Å²) < 4.78 is 60.3. The second-order valence-electron chi connectivity index (χ2n) is 5.45. The van der Waals surface area contributed by atoms with Crippen molar-refractivity contribution >= 4 is 5.97 Å². The molecule has 0 aliphatic heterocycles. The number of rotatable bonds is 8. The van der Waals surface area contributed by atoms with Crippen LogP contribution in [0.5, 0.6) is 17.2 Å². The molecule has 0 saturated heterocycles. The van der Waals surface area contributed by atoms with Gasteiger partial charge in [-0.2, -0.15) is 0 Å². The first-order valence-electron chi connectivity index (χ1n) is 10.2. The summed E-state index contributed by atoms with van der Waals surface area (Å²) in [5.41, 5.74) is 4.34. The maximum Gasteiger partial charge on any atom is 0.338 e. The van der Waals surface area contributed by atoms with E-state index in [1.807, 2.05) is 0 Å². The van der Waals surface area contributed by atoms with Crippen molar-refractivity contribution in [1.29, 1.82) is 0 Å². The molecule has 1 unspecified atom stereocenters. The van der Waals surface area contributed by atoms with Crippen LogP contribution >= 0.6 is 0 Å². The molecule has 1 atom stereocenters. The Kier molecular flexibility index (Phi) is 4.44. The summed E-state index contributed by atoms with van der Waals surface area (Å²) >= 11 is 0. The number of benzene rings is 2. The van der Waals surface area contributed by atoms with Crippen LogP contribution in [0, 0.1) is 0 Å². The number of hydrogen-bond donors (Lipinski definition) is 1. The van der Waals surface area contributed by atoms with E-state index >= 15 is 0 Å². The van der Waals surface area contributed by atoms with Gasteiger partial charge in [0.05, 0.1) is 32.4 Å². The fraction of sp³-hybridized carbons (Fsp3) is 0.350. The Morgan fingerprint density at radius 3 is 2.23 bits per heavy atom. The lowest BCUT2D eigenvalue weighted by molar-refractivity contribution is 0.0397. The molecule has 2 rings (SSSR count). The Morgan fingerprint density at radius 1 is 1.12 bits per heavy atom. The van der Waals surface area contributed by atoms with Gasteiger partial charge in [0.15, 0.2) is 11.5 Å². The summed E-state index contributed by atoms with van der Waals surface area (Å²) in [5, 5.41) is 0. The van der Waals surface area contributed by atoms with Crippen LogP contribution in [-0.4, -0.2) is 33.9 Å². The van der Waals surface area contributed by atoms with Crippen LogP contribution in [0.4, 0.5) is 0 Å². The Hall–Kier alpha value is -2.73. The minimum Gasteiger partial charge on any atom is -0.493 e. The molecule has 2 aromatic rings. The lowest BCUT2D eigenvalue weighted by Gasteiger charge is -2.28. The van der Waals surface area contributed by atoms with Crippen molar-refractivity contribution in [3.8, 4) is 17.2 Å². The van der Waals surface area contributed by atoms with Gasteiger partial charge >= 0.3 is 5.97 Å². The van der Waals surface area contributed by atoms with Gasteiger partial charge in [-0.05, 0) is 24.1 Å². The zero-order valence-corrected chi connectivity index (χ0v) is 14.9. The van der Waals surface area contributed by atoms with E-state index in [0.717, 1.165) is 0 Å². The lowest BCUT2D eigenvalue weighted by atomic mass is 9.89. The molecule has 0 amide bonds. The molecule has 0 aliphatic rings.